The van der Waals surface area contributed by atoms with Crippen molar-refractivity contribution in [2.45, 2.75) is 33.7 Å². The highest BCUT2D eigenvalue weighted by Gasteiger charge is 2.28. The molecule has 3 aromatic rings. The molecule has 0 spiro atoms. The zero-order valence-corrected chi connectivity index (χ0v) is 17.4. The molecule has 0 aliphatic carbocycles. The van der Waals surface area contributed by atoms with E-state index in [1.165, 1.54) is 6.07 Å². The predicted octanol–water partition coefficient (Wildman–Crippen LogP) is 3.98. The number of carbonyl (C=O) groups is 1. The number of nitrogens with zero attached hydrogens (tertiary/aromatic N) is 1. The van der Waals surface area contributed by atoms with Gasteiger partial charge in [-0.1, -0.05) is 51.1 Å². The third kappa shape index (κ3) is 4.01. The number of carbonyl (C=O) groups excluding carboxylic acids is 1. The molecule has 1 atom stereocenters. The minimum atomic E-state index is -0.638. The first-order valence-electron chi connectivity index (χ1n) is 9.64. The topological polar surface area (TPSA) is 99.1 Å². The Bertz CT molecular complexity index is 1210. The van der Waals surface area contributed by atoms with Gasteiger partial charge in [0, 0.05) is 22.9 Å². The molecule has 0 fully saturated rings. The van der Waals surface area contributed by atoms with Crippen molar-refractivity contribution in [1.82, 2.24) is 0 Å². The highest BCUT2D eigenvalue weighted by molar-refractivity contribution is 6.13. The molecular formula is C24H23N3O3. The molecule has 0 amide bonds. The van der Waals surface area contributed by atoms with Crippen molar-refractivity contribution in [2.24, 2.45) is 5.41 Å². The molecule has 0 aliphatic rings. The minimum Gasteiger partial charge on any atom is -0.377 e. The molecule has 0 bridgehead atoms. The van der Waals surface area contributed by atoms with Gasteiger partial charge < -0.3 is 10.6 Å². The van der Waals surface area contributed by atoms with Crippen LogP contribution < -0.4 is 21.5 Å². The minimum absolute atomic E-state index is 0.0623. The van der Waals surface area contributed by atoms with E-state index in [-0.39, 0.29) is 34.2 Å². The van der Waals surface area contributed by atoms with Gasteiger partial charge in [-0.05, 0) is 30.5 Å². The molecule has 0 aromatic heterocycles. The van der Waals surface area contributed by atoms with Crippen LogP contribution in [-0.2, 0) is 0 Å². The lowest BCUT2D eigenvalue weighted by Gasteiger charge is -2.30. The van der Waals surface area contributed by atoms with Gasteiger partial charge in [0.05, 0.1) is 11.6 Å². The van der Waals surface area contributed by atoms with Crippen molar-refractivity contribution in [3.8, 4) is 6.07 Å². The Morgan fingerprint density at radius 2 is 1.63 bits per heavy atom. The van der Waals surface area contributed by atoms with E-state index in [1.807, 2.05) is 33.8 Å². The highest BCUT2D eigenvalue weighted by Crippen LogP contribution is 2.29. The fourth-order valence-electron chi connectivity index (χ4n) is 2.87. The van der Waals surface area contributed by atoms with Crippen LogP contribution in [0.1, 0.15) is 49.2 Å². The summed E-state index contributed by atoms with van der Waals surface area (Å²) in [4.78, 5) is 37.4. The Labute approximate surface area is 174 Å². The Morgan fingerprint density at radius 1 is 1.00 bits per heavy atom. The van der Waals surface area contributed by atoms with Crippen LogP contribution in [0.15, 0.2) is 58.1 Å². The number of nitrogens with one attached hydrogen (secondary N) is 2. The summed E-state index contributed by atoms with van der Waals surface area (Å²) in [7, 11) is 0. The monoisotopic (exact) mass is 401 g/mol. The van der Waals surface area contributed by atoms with Crippen LogP contribution in [0.4, 0.5) is 17.1 Å². The average molecular weight is 401 g/mol. The lowest BCUT2D eigenvalue weighted by atomic mass is 9.87. The number of rotatable bonds is 6. The summed E-state index contributed by atoms with van der Waals surface area (Å²) in [6, 6.07) is 15.2. The molecule has 3 aromatic carbocycles. The zero-order valence-electron chi connectivity index (χ0n) is 17.4. The summed E-state index contributed by atoms with van der Waals surface area (Å²) in [6.07, 6.45) is 0. The van der Waals surface area contributed by atoms with Gasteiger partial charge >= 0.3 is 0 Å². The summed E-state index contributed by atoms with van der Waals surface area (Å²) >= 11 is 0. The van der Waals surface area contributed by atoms with E-state index in [0.717, 1.165) is 0 Å². The molecule has 152 valence electrons. The SMILES string of the molecule is C[C@@H](Nc1c(Nc2ccc(C#N)cc2C(=O)c2ccccc2)c(=O)c1=O)C(C)(C)C. The van der Waals surface area contributed by atoms with E-state index >= 15 is 0 Å². The van der Waals surface area contributed by atoms with E-state index in [4.69, 9.17) is 0 Å². The first kappa shape index (κ1) is 21.0. The fraction of sp³-hybridized carbons (Fsp3) is 0.250. The standard InChI is InChI=1S/C24H23N3O3/c1-14(24(2,3)4)26-19-20(23(30)22(19)29)27-18-11-10-15(13-25)12-17(18)21(28)16-8-6-5-7-9-16/h5-12,14,26-27H,1-4H3/t14-/m1/s1. The van der Waals surface area contributed by atoms with Crippen LogP contribution in [0.5, 0.6) is 0 Å². The van der Waals surface area contributed by atoms with E-state index in [1.54, 1.807) is 42.5 Å². The van der Waals surface area contributed by atoms with E-state index in [2.05, 4.69) is 10.6 Å². The molecule has 3 rings (SSSR count). The molecule has 0 unspecified atom stereocenters. The molecule has 2 N–H and O–H groups in total. The van der Waals surface area contributed by atoms with E-state index in [9.17, 15) is 19.6 Å². The van der Waals surface area contributed by atoms with Gasteiger partial charge in [0.2, 0.25) is 0 Å². The summed E-state index contributed by atoms with van der Waals surface area (Å²) in [6.45, 7) is 8.02. The van der Waals surface area contributed by atoms with Gasteiger partial charge in [0.15, 0.2) is 5.78 Å². The maximum Gasteiger partial charge on any atom is 0.253 e. The number of hydrogen-bond acceptors (Lipinski definition) is 6. The van der Waals surface area contributed by atoms with Gasteiger partial charge in [-0.15, -0.1) is 0 Å². The molecule has 0 saturated heterocycles. The Balaban J connectivity index is 2.00. The van der Waals surface area contributed by atoms with Crippen LogP contribution >= 0.6 is 0 Å². The Kier molecular flexibility index (Phi) is 5.57. The third-order valence-electron chi connectivity index (χ3n) is 5.26. The van der Waals surface area contributed by atoms with Crippen molar-refractivity contribution < 1.29 is 4.79 Å². The molecular weight excluding hydrogens is 378 g/mol. The van der Waals surface area contributed by atoms with Crippen LogP contribution in [0.25, 0.3) is 0 Å². The maximum atomic E-state index is 13.0. The molecule has 6 nitrogen and oxygen atoms in total. The van der Waals surface area contributed by atoms with Crippen molar-refractivity contribution in [3.63, 3.8) is 0 Å². The Morgan fingerprint density at radius 3 is 2.23 bits per heavy atom. The summed E-state index contributed by atoms with van der Waals surface area (Å²) < 4.78 is 0. The Hall–Kier alpha value is -3.72. The summed E-state index contributed by atoms with van der Waals surface area (Å²) in [5.41, 5.74) is 0.390. The number of benzene rings is 2. The highest BCUT2D eigenvalue weighted by atomic mass is 16.2. The van der Waals surface area contributed by atoms with Crippen molar-refractivity contribution in [1.29, 1.82) is 5.26 Å². The normalized spacial score (nSPS) is 12.2. The van der Waals surface area contributed by atoms with Crippen molar-refractivity contribution in [3.05, 3.63) is 85.7 Å². The zero-order chi connectivity index (χ0) is 22.1. The average Bonchev–Trinajstić information content (AvgIpc) is 2.75. The lowest BCUT2D eigenvalue weighted by Crippen LogP contribution is -2.41. The smallest absolute Gasteiger partial charge is 0.253 e. The quantitative estimate of drug-likeness (QED) is 0.479. The van der Waals surface area contributed by atoms with E-state index in [0.29, 0.717) is 16.8 Å². The number of anilines is 3. The fourth-order valence-corrected chi connectivity index (χ4v) is 2.87. The van der Waals surface area contributed by atoms with Crippen LogP contribution in [0, 0.1) is 16.7 Å². The first-order chi connectivity index (χ1) is 14.1. The second-order valence-corrected chi connectivity index (χ2v) is 8.33. The first-order valence-corrected chi connectivity index (χ1v) is 9.64. The second-order valence-electron chi connectivity index (χ2n) is 8.33. The molecule has 6 heteroatoms. The van der Waals surface area contributed by atoms with Crippen molar-refractivity contribution in [2.75, 3.05) is 10.6 Å². The molecule has 0 heterocycles. The summed E-state index contributed by atoms with van der Waals surface area (Å²) in [5, 5.41) is 15.3. The number of ketones is 1. The molecule has 0 aliphatic heterocycles. The lowest BCUT2D eigenvalue weighted by molar-refractivity contribution is 0.103. The van der Waals surface area contributed by atoms with Gasteiger partial charge in [0.1, 0.15) is 11.4 Å². The van der Waals surface area contributed by atoms with Gasteiger partial charge in [0.25, 0.3) is 10.9 Å². The van der Waals surface area contributed by atoms with Gasteiger partial charge in [-0.2, -0.15) is 5.26 Å². The van der Waals surface area contributed by atoms with E-state index < -0.39 is 10.9 Å². The third-order valence-corrected chi connectivity index (χ3v) is 5.26. The van der Waals surface area contributed by atoms with Gasteiger partial charge in [-0.25, -0.2) is 0 Å². The number of nitriles is 1. The molecule has 0 saturated carbocycles. The maximum absolute atomic E-state index is 13.0. The summed E-state index contributed by atoms with van der Waals surface area (Å²) in [5.74, 6) is -0.286. The van der Waals surface area contributed by atoms with Crippen LogP contribution in [0.3, 0.4) is 0 Å². The number of hydrogen-bond donors (Lipinski definition) is 2. The van der Waals surface area contributed by atoms with Crippen molar-refractivity contribution >= 4 is 22.8 Å². The molecule has 0 radical (unpaired) electrons. The van der Waals surface area contributed by atoms with Crippen LogP contribution in [0.2, 0.25) is 0 Å². The van der Waals surface area contributed by atoms with Gasteiger partial charge in [-0.3, -0.25) is 14.4 Å². The molecule has 30 heavy (non-hydrogen) atoms. The second kappa shape index (κ2) is 7.96. The predicted molar refractivity (Wildman–Crippen MR) is 118 cm³/mol. The van der Waals surface area contributed by atoms with Crippen LogP contribution in [-0.4, -0.2) is 11.8 Å². The largest absolute Gasteiger partial charge is 0.377 e.